The van der Waals surface area contributed by atoms with Gasteiger partial charge in [0.1, 0.15) is 5.82 Å². The van der Waals surface area contributed by atoms with Gasteiger partial charge in [-0.3, -0.25) is 0 Å². The Kier molecular flexibility index (Phi) is 6.33. The number of hydrogen-bond acceptors (Lipinski definition) is 3. The van der Waals surface area contributed by atoms with Gasteiger partial charge in [0.15, 0.2) is 0 Å². The first kappa shape index (κ1) is 16.6. The third kappa shape index (κ3) is 5.16. The third-order valence-electron chi connectivity index (χ3n) is 3.25. The molecule has 2 aromatic rings. The van der Waals surface area contributed by atoms with Gasteiger partial charge in [0, 0.05) is 28.0 Å². The van der Waals surface area contributed by atoms with Crippen molar-refractivity contribution >= 4 is 27.3 Å². The van der Waals surface area contributed by atoms with Crippen LogP contribution in [0.25, 0.3) is 0 Å². The van der Waals surface area contributed by atoms with Gasteiger partial charge in [-0.25, -0.2) is 9.37 Å². The van der Waals surface area contributed by atoms with Crippen LogP contribution in [0.2, 0.25) is 0 Å². The molecule has 1 N–H and O–H groups in total. The molecular formula is C16H20BrFN2S. The minimum absolute atomic E-state index is 0.150. The highest BCUT2D eigenvalue weighted by atomic mass is 79.9. The van der Waals surface area contributed by atoms with Crippen molar-refractivity contribution in [3.05, 3.63) is 50.1 Å². The van der Waals surface area contributed by atoms with E-state index in [9.17, 15) is 4.39 Å². The summed E-state index contributed by atoms with van der Waals surface area (Å²) in [6.45, 7) is 5.08. The molecule has 0 saturated carbocycles. The second-order valence-electron chi connectivity index (χ2n) is 5.18. The van der Waals surface area contributed by atoms with Gasteiger partial charge in [-0.15, -0.1) is 11.3 Å². The van der Waals surface area contributed by atoms with Crippen LogP contribution in [0.5, 0.6) is 0 Å². The fraction of sp³-hybridized carbons (Fsp3) is 0.438. The maximum absolute atomic E-state index is 14.0. The minimum Gasteiger partial charge on any atom is -0.313 e. The zero-order valence-electron chi connectivity index (χ0n) is 12.3. The topological polar surface area (TPSA) is 24.9 Å². The zero-order valence-corrected chi connectivity index (χ0v) is 14.7. The van der Waals surface area contributed by atoms with Crippen molar-refractivity contribution in [2.75, 3.05) is 6.54 Å². The van der Waals surface area contributed by atoms with E-state index in [0.717, 1.165) is 40.1 Å². The van der Waals surface area contributed by atoms with Crippen molar-refractivity contribution in [3.8, 4) is 0 Å². The number of nitrogens with one attached hydrogen (secondary N) is 1. The van der Waals surface area contributed by atoms with E-state index in [4.69, 9.17) is 0 Å². The predicted octanol–water partition coefficient (Wildman–Crippen LogP) is 4.51. The van der Waals surface area contributed by atoms with Gasteiger partial charge in [0.05, 0.1) is 5.01 Å². The van der Waals surface area contributed by atoms with Crippen molar-refractivity contribution < 1.29 is 4.39 Å². The molecule has 0 saturated heterocycles. The van der Waals surface area contributed by atoms with Crippen molar-refractivity contribution in [2.24, 2.45) is 0 Å². The lowest BCUT2D eigenvalue weighted by molar-refractivity contribution is 0.491. The number of aromatic nitrogens is 1. The summed E-state index contributed by atoms with van der Waals surface area (Å²) in [4.78, 5) is 4.51. The van der Waals surface area contributed by atoms with Gasteiger partial charge in [-0.1, -0.05) is 28.9 Å². The van der Waals surface area contributed by atoms with Gasteiger partial charge in [-0.05, 0) is 44.0 Å². The molecule has 0 radical (unpaired) electrons. The van der Waals surface area contributed by atoms with Crippen LogP contribution in [0, 0.1) is 12.7 Å². The largest absolute Gasteiger partial charge is 0.313 e. The number of nitrogens with zero attached hydrogens (tertiary/aromatic N) is 1. The second kappa shape index (κ2) is 8.01. The lowest BCUT2D eigenvalue weighted by atomic mass is 10.0. The Hall–Kier alpha value is -0.780. The molecule has 1 aromatic carbocycles. The summed E-state index contributed by atoms with van der Waals surface area (Å²) in [5, 5.41) is 6.68. The Morgan fingerprint density at radius 2 is 2.19 bits per heavy atom. The smallest absolute Gasteiger partial charge is 0.127 e. The zero-order chi connectivity index (χ0) is 15.2. The van der Waals surface area contributed by atoms with E-state index < -0.39 is 0 Å². The first-order chi connectivity index (χ1) is 10.1. The summed E-state index contributed by atoms with van der Waals surface area (Å²) in [5.74, 6) is -0.150. The first-order valence-electron chi connectivity index (χ1n) is 7.16. The molecule has 2 nitrogen and oxygen atoms in total. The van der Waals surface area contributed by atoms with Crippen molar-refractivity contribution in [1.29, 1.82) is 0 Å². The number of rotatable bonds is 7. The van der Waals surface area contributed by atoms with E-state index in [-0.39, 0.29) is 11.9 Å². The average Bonchev–Trinajstić information content (AvgIpc) is 2.84. The van der Waals surface area contributed by atoms with Crippen LogP contribution in [0.4, 0.5) is 4.39 Å². The summed E-state index contributed by atoms with van der Waals surface area (Å²) in [6.07, 6.45) is 2.59. The maximum Gasteiger partial charge on any atom is 0.127 e. The molecule has 0 bridgehead atoms. The number of hydrogen-bond donors (Lipinski definition) is 1. The molecule has 114 valence electrons. The summed E-state index contributed by atoms with van der Waals surface area (Å²) in [5.41, 5.74) is 1.80. The Labute approximate surface area is 137 Å². The van der Waals surface area contributed by atoms with E-state index in [1.165, 1.54) is 6.07 Å². The number of halogens is 2. The van der Waals surface area contributed by atoms with Crippen LogP contribution >= 0.6 is 27.3 Å². The summed E-state index contributed by atoms with van der Waals surface area (Å²) in [6, 6.07) is 5.49. The SMILES string of the molecule is CCCNC(Cc1nc(C)cs1)Cc1ccc(Br)cc1F. The lowest BCUT2D eigenvalue weighted by Crippen LogP contribution is -2.34. The molecule has 0 fully saturated rings. The third-order valence-corrected chi connectivity index (χ3v) is 4.73. The molecule has 0 aliphatic heterocycles. The molecule has 21 heavy (non-hydrogen) atoms. The molecule has 1 heterocycles. The maximum atomic E-state index is 14.0. The molecule has 0 aliphatic carbocycles. The molecule has 0 spiro atoms. The average molecular weight is 371 g/mol. The van der Waals surface area contributed by atoms with Gasteiger partial charge >= 0.3 is 0 Å². The highest BCUT2D eigenvalue weighted by Crippen LogP contribution is 2.19. The summed E-state index contributed by atoms with van der Waals surface area (Å²) in [7, 11) is 0. The molecule has 1 unspecified atom stereocenters. The predicted molar refractivity (Wildman–Crippen MR) is 90.4 cm³/mol. The van der Waals surface area contributed by atoms with Crippen molar-refractivity contribution in [3.63, 3.8) is 0 Å². The Bertz CT molecular complexity index is 585. The standard InChI is InChI=1S/C16H20BrFN2S/c1-3-6-19-14(9-16-20-11(2)10-21-16)7-12-4-5-13(17)8-15(12)18/h4-5,8,10,14,19H,3,6-7,9H2,1-2H3. The van der Waals surface area contributed by atoms with Crippen LogP contribution in [0.15, 0.2) is 28.1 Å². The fourth-order valence-corrected chi connectivity index (χ4v) is 3.41. The monoisotopic (exact) mass is 370 g/mol. The summed E-state index contributed by atoms with van der Waals surface area (Å²) >= 11 is 4.97. The fourth-order valence-electron chi connectivity index (χ4n) is 2.22. The molecule has 5 heteroatoms. The molecule has 0 aliphatic rings. The number of aryl methyl sites for hydroxylation is 1. The van der Waals surface area contributed by atoms with Gasteiger partial charge in [-0.2, -0.15) is 0 Å². The lowest BCUT2D eigenvalue weighted by Gasteiger charge is -2.18. The highest BCUT2D eigenvalue weighted by molar-refractivity contribution is 9.10. The first-order valence-corrected chi connectivity index (χ1v) is 8.84. The van der Waals surface area contributed by atoms with E-state index in [1.54, 1.807) is 11.3 Å². The molecule has 0 amide bonds. The van der Waals surface area contributed by atoms with Gasteiger partial charge in [0.25, 0.3) is 0 Å². The van der Waals surface area contributed by atoms with Crippen LogP contribution in [0.1, 0.15) is 29.6 Å². The number of thiazole rings is 1. The molecular weight excluding hydrogens is 351 g/mol. The second-order valence-corrected chi connectivity index (χ2v) is 7.04. The van der Waals surface area contributed by atoms with E-state index >= 15 is 0 Å². The van der Waals surface area contributed by atoms with E-state index in [2.05, 4.69) is 38.5 Å². The van der Waals surface area contributed by atoms with E-state index in [1.807, 2.05) is 19.1 Å². The van der Waals surface area contributed by atoms with E-state index in [0.29, 0.717) is 6.42 Å². The normalized spacial score (nSPS) is 12.6. The Balaban J connectivity index is 2.08. The Morgan fingerprint density at radius 3 is 2.81 bits per heavy atom. The van der Waals surface area contributed by atoms with Crippen molar-refractivity contribution in [2.45, 2.75) is 39.2 Å². The van der Waals surface area contributed by atoms with Gasteiger partial charge < -0.3 is 5.32 Å². The Morgan fingerprint density at radius 1 is 1.38 bits per heavy atom. The number of benzene rings is 1. The molecule has 2 rings (SSSR count). The van der Waals surface area contributed by atoms with Crippen LogP contribution in [-0.4, -0.2) is 17.6 Å². The minimum atomic E-state index is -0.150. The van der Waals surface area contributed by atoms with Gasteiger partial charge in [0.2, 0.25) is 0 Å². The van der Waals surface area contributed by atoms with Crippen LogP contribution in [-0.2, 0) is 12.8 Å². The summed E-state index contributed by atoms with van der Waals surface area (Å²) < 4.78 is 14.8. The van der Waals surface area contributed by atoms with Crippen LogP contribution < -0.4 is 5.32 Å². The van der Waals surface area contributed by atoms with Crippen molar-refractivity contribution in [1.82, 2.24) is 10.3 Å². The van der Waals surface area contributed by atoms with Crippen LogP contribution in [0.3, 0.4) is 0 Å². The quantitative estimate of drug-likeness (QED) is 0.775. The highest BCUT2D eigenvalue weighted by Gasteiger charge is 2.14. The molecule has 1 atom stereocenters. The molecule has 1 aromatic heterocycles.